The number of nitrogen functional groups attached to an aromatic ring is 1. The van der Waals surface area contributed by atoms with Crippen LogP contribution in [0.15, 0.2) is 6.20 Å². The number of rotatable bonds is 3. The number of alkyl halides is 3. The second-order valence-corrected chi connectivity index (χ2v) is 3.17. The predicted octanol–water partition coefficient (Wildman–Crippen LogP) is 1.82. The van der Waals surface area contributed by atoms with E-state index in [1.165, 1.54) is 6.20 Å². The molecule has 0 bridgehead atoms. The lowest BCUT2D eigenvalue weighted by molar-refractivity contribution is -0.135. The molecule has 0 unspecified atom stereocenters. The molecule has 0 amide bonds. The highest BCUT2D eigenvalue weighted by Gasteiger charge is 2.26. The molecule has 0 fully saturated rings. The Bertz CT molecular complexity index is 408. The molecule has 0 radical (unpaired) electrons. The van der Waals surface area contributed by atoms with Gasteiger partial charge in [-0.2, -0.15) is 18.4 Å². The van der Waals surface area contributed by atoms with Crippen LogP contribution in [0.25, 0.3) is 0 Å². The number of hydrogen-bond donors (Lipinski definition) is 1. The number of nitriles is 1. The molecule has 0 aliphatic carbocycles. The second-order valence-electron chi connectivity index (χ2n) is 3.17. The fourth-order valence-electron chi connectivity index (χ4n) is 1.13. The van der Waals surface area contributed by atoms with Crippen molar-refractivity contribution in [2.75, 3.05) is 5.73 Å². The SMILES string of the molecule is N#Cc1cnc(N)c(CCCC(F)(F)F)n1. The van der Waals surface area contributed by atoms with Crippen molar-refractivity contribution in [3.63, 3.8) is 0 Å². The molecule has 1 aromatic rings. The summed E-state index contributed by atoms with van der Waals surface area (Å²) in [7, 11) is 0. The lowest BCUT2D eigenvalue weighted by atomic mass is 10.2. The molecule has 0 saturated carbocycles. The smallest absolute Gasteiger partial charge is 0.382 e. The van der Waals surface area contributed by atoms with Gasteiger partial charge in [0.2, 0.25) is 0 Å². The Hall–Kier alpha value is -1.84. The van der Waals surface area contributed by atoms with Crippen molar-refractivity contribution in [3.8, 4) is 6.07 Å². The third kappa shape index (κ3) is 3.73. The molecular formula is C9H9F3N4. The summed E-state index contributed by atoms with van der Waals surface area (Å²) in [6.45, 7) is 0. The summed E-state index contributed by atoms with van der Waals surface area (Å²) in [4.78, 5) is 7.47. The van der Waals surface area contributed by atoms with Crippen molar-refractivity contribution in [3.05, 3.63) is 17.6 Å². The number of nitrogens with two attached hydrogens (primary N) is 1. The number of nitrogens with zero attached hydrogens (tertiary/aromatic N) is 3. The van der Waals surface area contributed by atoms with E-state index in [0.717, 1.165) is 0 Å². The van der Waals surface area contributed by atoms with E-state index in [9.17, 15) is 13.2 Å². The highest BCUT2D eigenvalue weighted by Crippen LogP contribution is 2.22. The average Bonchev–Trinajstić information content (AvgIpc) is 2.19. The van der Waals surface area contributed by atoms with Gasteiger partial charge in [-0.1, -0.05) is 0 Å². The summed E-state index contributed by atoms with van der Waals surface area (Å²) in [6, 6.07) is 1.75. The lowest BCUT2D eigenvalue weighted by Gasteiger charge is -2.06. The van der Waals surface area contributed by atoms with Crippen LogP contribution in [0.5, 0.6) is 0 Å². The van der Waals surface area contributed by atoms with Crippen molar-refractivity contribution in [2.45, 2.75) is 25.4 Å². The van der Waals surface area contributed by atoms with Crippen molar-refractivity contribution < 1.29 is 13.2 Å². The van der Waals surface area contributed by atoms with Gasteiger partial charge in [-0.05, 0) is 12.8 Å². The molecule has 1 rings (SSSR count). The van der Waals surface area contributed by atoms with Crippen molar-refractivity contribution in [1.82, 2.24) is 9.97 Å². The Morgan fingerprint density at radius 2 is 2.12 bits per heavy atom. The zero-order valence-electron chi connectivity index (χ0n) is 8.25. The summed E-state index contributed by atoms with van der Waals surface area (Å²) in [5.41, 5.74) is 5.72. The zero-order chi connectivity index (χ0) is 12.2. The van der Waals surface area contributed by atoms with E-state index in [-0.39, 0.29) is 30.0 Å². The Kier molecular flexibility index (Phi) is 3.66. The lowest BCUT2D eigenvalue weighted by Crippen LogP contribution is -2.09. The second kappa shape index (κ2) is 4.79. The molecule has 0 spiro atoms. The maximum Gasteiger partial charge on any atom is 0.389 e. The molecular weight excluding hydrogens is 221 g/mol. The molecule has 7 heteroatoms. The van der Waals surface area contributed by atoms with Gasteiger partial charge in [-0.25, -0.2) is 9.97 Å². The summed E-state index contributed by atoms with van der Waals surface area (Å²) >= 11 is 0. The van der Waals surface area contributed by atoms with Gasteiger partial charge in [0.15, 0.2) is 5.69 Å². The van der Waals surface area contributed by atoms with Crippen LogP contribution in [0.3, 0.4) is 0 Å². The molecule has 86 valence electrons. The largest absolute Gasteiger partial charge is 0.389 e. The van der Waals surface area contributed by atoms with Gasteiger partial charge in [0.05, 0.1) is 11.9 Å². The number of anilines is 1. The van der Waals surface area contributed by atoms with E-state index >= 15 is 0 Å². The van der Waals surface area contributed by atoms with Crippen LogP contribution >= 0.6 is 0 Å². The van der Waals surface area contributed by atoms with Gasteiger partial charge in [0.1, 0.15) is 11.9 Å². The Morgan fingerprint density at radius 3 is 2.69 bits per heavy atom. The van der Waals surface area contributed by atoms with Gasteiger partial charge < -0.3 is 5.73 Å². The van der Waals surface area contributed by atoms with Gasteiger partial charge in [0, 0.05) is 6.42 Å². The monoisotopic (exact) mass is 230 g/mol. The van der Waals surface area contributed by atoms with E-state index in [0.29, 0.717) is 0 Å². The van der Waals surface area contributed by atoms with Crippen LogP contribution in [0.4, 0.5) is 19.0 Å². The van der Waals surface area contributed by atoms with Crippen LogP contribution in [-0.4, -0.2) is 16.1 Å². The average molecular weight is 230 g/mol. The van der Waals surface area contributed by atoms with Gasteiger partial charge in [-0.3, -0.25) is 0 Å². The van der Waals surface area contributed by atoms with Crippen LogP contribution in [0.1, 0.15) is 24.2 Å². The van der Waals surface area contributed by atoms with E-state index < -0.39 is 12.6 Å². The summed E-state index contributed by atoms with van der Waals surface area (Å²) in [5.74, 6) is 0.0705. The van der Waals surface area contributed by atoms with Gasteiger partial charge in [0.25, 0.3) is 0 Å². The fourth-order valence-corrected chi connectivity index (χ4v) is 1.13. The van der Waals surface area contributed by atoms with Crippen molar-refractivity contribution in [2.24, 2.45) is 0 Å². The molecule has 1 heterocycles. The van der Waals surface area contributed by atoms with E-state index in [1.807, 2.05) is 0 Å². The number of aryl methyl sites for hydroxylation is 1. The minimum atomic E-state index is -4.19. The molecule has 4 nitrogen and oxygen atoms in total. The molecule has 0 aliphatic heterocycles. The van der Waals surface area contributed by atoms with Crippen LogP contribution in [0.2, 0.25) is 0 Å². The molecule has 1 aromatic heterocycles. The normalized spacial score (nSPS) is 11.1. The number of halogens is 3. The van der Waals surface area contributed by atoms with Crippen LogP contribution < -0.4 is 5.73 Å². The van der Waals surface area contributed by atoms with Gasteiger partial charge >= 0.3 is 6.18 Å². The standard InChI is InChI=1S/C9H9F3N4/c10-9(11,12)3-1-2-7-8(14)15-5-6(4-13)16-7/h5H,1-3H2,(H2,14,15). The first-order chi connectivity index (χ1) is 7.42. The predicted molar refractivity (Wildman–Crippen MR) is 50.2 cm³/mol. The number of aromatic nitrogens is 2. The maximum atomic E-state index is 11.9. The van der Waals surface area contributed by atoms with E-state index in [2.05, 4.69) is 9.97 Å². The van der Waals surface area contributed by atoms with Gasteiger partial charge in [-0.15, -0.1) is 0 Å². The fraction of sp³-hybridized carbons (Fsp3) is 0.444. The molecule has 16 heavy (non-hydrogen) atoms. The molecule has 0 atom stereocenters. The Morgan fingerprint density at radius 1 is 1.44 bits per heavy atom. The highest BCUT2D eigenvalue weighted by molar-refractivity contribution is 5.36. The first-order valence-corrected chi connectivity index (χ1v) is 4.50. The zero-order valence-corrected chi connectivity index (χ0v) is 8.25. The molecule has 2 N–H and O–H groups in total. The van der Waals surface area contributed by atoms with Crippen LogP contribution in [-0.2, 0) is 6.42 Å². The first-order valence-electron chi connectivity index (χ1n) is 4.50. The van der Waals surface area contributed by atoms with E-state index in [1.54, 1.807) is 6.07 Å². The molecule has 0 aromatic carbocycles. The highest BCUT2D eigenvalue weighted by atomic mass is 19.4. The maximum absolute atomic E-state index is 11.9. The quantitative estimate of drug-likeness (QED) is 0.859. The van der Waals surface area contributed by atoms with Crippen molar-refractivity contribution in [1.29, 1.82) is 5.26 Å². The third-order valence-electron chi connectivity index (χ3n) is 1.87. The molecule has 0 aliphatic rings. The van der Waals surface area contributed by atoms with Crippen molar-refractivity contribution >= 4 is 5.82 Å². The minimum absolute atomic E-state index is 0.0520. The Balaban J connectivity index is 2.64. The van der Waals surface area contributed by atoms with E-state index in [4.69, 9.17) is 11.0 Å². The van der Waals surface area contributed by atoms with Crippen LogP contribution in [0, 0.1) is 11.3 Å². The summed E-state index contributed by atoms with van der Waals surface area (Å²) in [5, 5.41) is 8.53. The summed E-state index contributed by atoms with van der Waals surface area (Å²) < 4.78 is 35.7. The topological polar surface area (TPSA) is 75.6 Å². The minimum Gasteiger partial charge on any atom is -0.382 e. The number of hydrogen-bond acceptors (Lipinski definition) is 4. The first kappa shape index (κ1) is 12.2. The summed E-state index contributed by atoms with van der Waals surface area (Å²) in [6.07, 6.45) is -3.95. The Labute approximate surface area is 89.9 Å². The third-order valence-corrected chi connectivity index (χ3v) is 1.87. The molecule has 0 saturated heterocycles.